The minimum absolute atomic E-state index is 0.127. The van der Waals surface area contributed by atoms with E-state index in [9.17, 15) is 16.8 Å². The maximum absolute atomic E-state index is 13.8. The van der Waals surface area contributed by atoms with Crippen LogP contribution in [0.1, 0.15) is 47.9 Å². The van der Waals surface area contributed by atoms with E-state index in [0.717, 1.165) is 47.9 Å². The number of unbranched alkanes of at least 4 members (excludes halogenated alkanes) is 3. The number of hydrogen-bond donors (Lipinski definition) is 0. The Hall–Kier alpha value is -5.34. The first-order chi connectivity index (χ1) is 25.1. The smallest absolute Gasteiger partial charge is 0.250 e. The normalized spacial score (nSPS) is 11.8. The third kappa shape index (κ3) is 8.93. The highest BCUT2D eigenvalue weighted by Crippen LogP contribution is 2.26. The van der Waals surface area contributed by atoms with Gasteiger partial charge < -0.3 is 0 Å². The molecule has 0 N–H and O–H groups in total. The van der Waals surface area contributed by atoms with Gasteiger partial charge in [0.05, 0.1) is 35.3 Å². The van der Waals surface area contributed by atoms with Crippen molar-refractivity contribution in [1.82, 2.24) is 30.0 Å². The molecule has 12 nitrogen and oxygen atoms in total. The second-order valence-electron chi connectivity index (χ2n) is 12.7. The van der Waals surface area contributed by atoms with E-state index >= 15 is 0 Å². The number of aromatic nitrogens is 6. The lowest BCUT2D eigenvalue weighted by atomic mass is 10.2. The average Bonchev–Trinajstić information content (AvgIpc) is 3.82. The van der Waals surface area contributed by atoms with Crippen molar-refractivity contribution in [2.75, 3.05) is 8.61 Å². The van der Waals surface area contributed by atoms with Crippen molar-refractivity contribution in [3.05, 3.63) is 144 Å². The summed E-state index contributed by atoms with van der Waals surface area (Å²) in [6.07, 6.45) is 6.78. The van der Waals surface area contributed by atoms with Gasteiger partial charge in [0.2, 0.25) is 0 Å². The van der Waals surface area contributed by atoms with Crippen LogP contribution in [0.2, 0.25) is 0 Å². The van der Waals surface area contributed by atoms with Gasteiger partial charge in [-0.2, -0.15) is 0 Å². The third-order valence-corrected chi connectivity index (χ3v) is 12.2. The summed E-state index contributed by atoms with van der Waals surface area (Å²) in [5.74, 6) is 0.522. The van der Waals surface area contributed by atoms with Crippen LogP contribution in [-0.4, -0.2) is 46.8 Å². The zero-order valence-electron chi connectivity index (χ0n) is 29.2. The number of aryl methyl sites for hydroxylation is 4. The zero-order chi connectivity index (χ0) is 36.6. The number of rotatable bonds is 17. The van der Waals surface area contributed by atoms with Gasteiger partial charge in [0.1, 0.15) is 0 Å². The van der Waals surface area contributed by atoms with Gasteiger partial charge in [0, 0.05) is 13.1 Å². The number of anilines is 2. The Morgan fingerprint density at radius 3 is 1.23 bits per heavy atom. The molecular formula is C38H42N8O4S2. The Morgan fingerprint density at radius 1 is 0.500 bits per heavy atom. The predicted molar refractivity (Wildman–Crippen MR) is 200 cm³/mol. The van der Waals surface area contributed by atoms with Crippen LogP contribution in [0.15, 0.2) is 131 Å². The molecule has 2 aromatic heterocycles. The molecule has 0 radical (unpaired) electrons. The van der Waals surface area contributed by atoms with Gasteiger partial charge in [0.15, 0.2) is 11.6 Å². The number of sulfonamides is 2. The second kappa shape index (κ2) is 16.3. The van der Waals surface area contributed by atoms with Gasteiger partial charge in [-0.15, -0.1) is 10.2 Å². The number of nitrogens with zero attached hydrogens (tertiary/aromatic N) is 8. The van der Waals surface area contributed by atoms with E-state index < -0.39 is 20.0 Å². The SMILES string of the molecule is Cc1ccc(S(=O)(=O)N(Cc2ccccc2)c2cn(CCCCCCn3cc(N(Cc4ccccc4)S(=O)(=O)c4ccc(C)cc4)nn3)nn2)cc1. The van der Waals surface area contributed by atoms with Crippen molar-refractivity contribution in [1.29, 1.82) is 0 Å². The summed E-state index contributed by atoms with van der Waals surface area (Å²) >= 11 is 0. The van der Waals surface area contributed by atoms with Crippen molar-refractivity contribution < 1.29 is 16.8 Å². The lowest BCUT2D eigenvalue weighted by molar-refractivity contribution is 0.490. The van der Waals surface area contributed by atoms with Crippen molar-refractivity contribution in [3.8, 4) is 0 Å². The minimum Gasteiger partial charge on any atom is -0.250 e. The molecule has 6 rings (SSSR count). The molecule has 0 fully saturated rings. The fourth-order valence-electron chi connectivity index (χ4n) is 5.68. The monoisotopic (exact) mass is 738 g/mol. The summed E-state index contributed by atoms with van der Waals surface area (Å²) in [7, 11) is -7.78. The molecule has 0 amide bonds. The molecule has 0 unspecified atom stereocenters. The molecule has 0 saturated heterocycles. The molecule has 2 heterocycles. The fourth-order valence-corrected chi connectivity index (χ4v) is 8.44. The summed E-state index contributed by atoms with van der Waals surface area (Å²) < 4.78 is 61.0. The lowest BCUT2D eigenvalue weighted by Crippen LogP contribution is -2.31. The van der Waals surface area contributed by atoms with E-state index in [1.165, 1.54) is 8.61 Å². The van der Waals surface area contributed by atoms with Crippen LogP contribution in [0, 0.1) is 13.8 Å². The Kier molecular flexibility index (Phi) is 11.5. The average molecular weight is 739 g/mol. The maximum atomic E-state index is 13.8. The van der Waals surface area contributed by atoms with Crippen molar-refractivity contribution in [3.63, 3.8) is 0 Å². The number of benzene rings is 4. The van der Waals surface area contributed by atoms with Gasteiger partial charge in [-0.05, 0) is 62.1 Å². The van der Waals surface area contributed by atoms with Crippen LogP contribution in [0.5, 0.6) is 0 Å². The Balaban J connectivity index is 1.05. The largest absolute Gasteiger partial charge is 0.265 e. The van der Waals surface area contributed by atoms with E-state index in [2.05, 4.69) is 20.6 Å². The topological polar surface area (TPSA) is 136 Å². The lowest BCUT2D eigenvalue weighted by Gasteiger charge is -2.22. The number of hydrogen-bond acceptors (Lipinski definition) is 8. The van der Waals surface area contributed by atoms with E-state index in [1.807, 2.05) is 74.5 Å². The molecule has 0 saturated carbocycles. The van der Waals surface area contributed by atoms with E-state index in [0.29, 0.717) is 13.1 Å². The van der Waals surface area contributed by atoms with Crippen LogP contribution in [-0.2, 0) is 46.2 Å². The summed E-state index contributed by atoms with van der Waals surface area (Å²) in [4.78, 5) is 0.389. The van der Waals surface area contributed by atoms with E-state index in [1.54, 1.807) is 70.3 Å². The van der Waals surface area contributed by atoms with Gasteiger partial charge in [-0.1, -0.05) is 119 Å². The molecule has 0 spiro atoms. The highest BCUT2D eigenvalue weighted by atomic mass is 32.2. The summed E-state index contributed by atoms with van der Waals surface area (Å²) in [6, 6.07) is 32.4. The first kappa shape index (κ1) is 36.5. The zero-order valence-corrected chi connectivity index (χ0v) is 30.9. The molecule has 270 valence electrons. The standard InChI is InChI=1S/C38H42N8O4S2/c1-31-17-21-35(22-18-31)51(47,48)45(27-33-13-7-5-8-14-33)37-29-43(41-39-37)25-11-3-4-12-26-44-30-38(40-42-44)46(28-34-15-9-6-10-16-34)52(49,50)36-23-19-32(2)20-24-36/h5-10,13-24,29-30H,3-4,11-12,25-28H2,1-2H3. The van der Waals surface area contributed by atoms with Crippen LogP contribution >= 0.6 is 0 Å². The molecule has 0 aliphatic carbocycles. The molecule has 52 heavy (non-hydrogen) atoms. The van der Waals surface area contributed by atoms with Crippen molar-refractivity contribution >= 4 is 31.7 Å². The van der Waals surface area contributed by atoms with Gasteiger partial charge in [-0.25, -0.2) is 25.4 Å². The van der Waals surface area contributed by atoms with Crippen LogP contribution in [0.4, 0.5) is 11.6 Å². The fraction of sp³-hybridized carbons (Fsp3) is 0.263. The Morgan fingerprint density at radius 2 is 0.865 bits per heavy atom. The highest BCUT2D eigenvalue weighted by Gasteiger charge is 2.29. The van der Waals surface area contributed by atoms with Crippen LogP contribution in [0.3, 0.4) is 0 Å². The van der Waals surface area contributed by atoms with Crippen molar-refractivity contribution in [2.45, 2.75) is 75.5 Å². The molecule has 6 aromatic rings. The Labute approximate surface area is 305 Å². The molecule has 0 aliphatic heterocycles. The third-order valence-electron chi connectivity index (χ3n) is 8.64. The van der Waals surface area contributed by atoms with Crippen LogP contribution in [0.25, 0.3) is 0 Å². The van der Waals surface area contributed by atoms with Gasteiger partial charge in [-0.3, -0.25) is 9.36 Å². The van der Waals surface area contributed by atoms with E-state index in [-0.39, 0.29) is 34.5 Å². The summed E-state index contributed by atoms with van der Waals surface area (Å²) in [5.41, 5.74) is 3.62. The molecule has 4 aromatic carbocycles. The molecule has 14 heteroatoms. The molecular weight excluding hydrogens is 697 g/mol. The second-order valence-corrected chi connectivity index (χ2v) is 16.4. The van der Waals surface area contributed by atoms with Crippen molar-refractivity contribution in [2.24, 2.45) is 0 Å². The first-order valence-electron chi connectivity index (χ1n) is 17.2. The predicted octanol–water partition coefficient (Wildman–Crippen LogP) is 6.54. The maximum Gasteiger partial charge on any atom is 0.265 e. The van der Waals surface area contributed by atoms with E-state index in [4.69, 9.17) is 0 Å². The summed E-state index contributed by atoms with van der Waals surface area (Å²) in [6.45, 7) is 5.24. The first-order valence-corrected chi connectivity index (χ1v) is 20.0. The van der Waals surface area contributed by atoms with Crippen LogP contribution < -0.4 is 8.61 Å². The molecule has 0 aliphatic rings. The van der Waals surface area contributed by atoms with Gasteiger partial charge >= 0.3 is 0 Å². The summed E-state index contributed by atoms with van der Waals surface area (Å²) in [5, 5.41) is 17.0. The van der Waals surface area contributed by atoms with Gasteiger partial charge in [0.25, 0.3) is 20.0 Å². The highest BCUT2D eigenvalue weighted by molar-refractivity contribution is 7.93. The Bertz CT molecular complexity index is 2100. The minimum atomic E-state index is -3.89. The molecule has 0 bridgehead atoms. The quantitative estimate of drug-likeness (QED) is 0.0964. The molecule has 0 atom stereocenters.